The zero-order chi connectivity index (χ0) is 14.3. The van der Waals surface area contributed by atoms with Gasteiger partial charge in [-0.3, -0.25) is 14.5 Å². The first kappa shape index (κ1) is 13.2. The molecule has 0 radical (unpaired) electrons. The first-order chi connectivity index (χ1) is 9.54. The Labute approximate surface area is 117 Å². The van der Waals surface area contributed by atoms with Crippen molar-refractivity contribution in [3.05, 3.63) is 23.7 Å². The van der Waals surface area contributed by atoms with Crippen molar-refractivity contribution in [2.24, 2.45) is 11.8 Å². The average molecular weight is 277 g/mol. The van der Waals surface area contributed by atoms with Gasteiger partial charge in [0.15, 0.2) is 5.76 Å². The van der Waals surface area contributed by atoms with Crippen LogP contribution in [0.3, 0.4) is 0 Å². The van der Waals surface area contributed by atoms with Crippen LogP contribution in [0.4, 0.5) is 0 Å². The van der Waals surface area contributed by atoms with Crippen LogP contribution in [-0.2, 0) is 11.3 Å². The topological polar surface area (TPSA) is 65.8 Å². The molecule has 1 N–H and O–H groups in total. The molecular formula is C14H19N3O3. The van der Waals surface area contributed by atoms with Crippen LogP contribution in [0.5, 0.6) is 0 Å². The van der Waals surface area contributed by atoms with Crippen LogP contribution in [0, 0.1) is 11.8 Å². The highest BCUT2D eigenvalue weighted by Crippen LogP contribution is 2.28. The summed E-state index contributed by atoms with van der Waals surface area (Å²) in [6.45, 7) is 3.11. The Bertz CT molecular complexity index is 538. The van der Waals surface area contributed by atoms with Gasteiger partial charge in [-0.15, -0.1) is 0 Å². The van der Waals surface area contributed by atoms with E-state index in [-0.39, 0.29) is 17.7 Å². The van der Waals surface area contributed by atoms with Crippen LogP contribution in [0.25, 0.3) is 0 Å². The van der Waals surface area contributed by atoms with Crippen LogP contribution in [0.1, 0.15) is 16.3 Å². The van der Waals surface area contributed by atoms with E-state index in [1.165, 1.54) is 4.90 Å². The van der Waals surface area contributed by atoms with Gasteiger partial charge in [-0.05, 0) is 12.1 Å². The summed E-state index contributed by atoms with van der Waals surface area (Å²) in [6, 6.07) is 3.55. The van der Waals surface area contributed by atoms with E-state index in [2.05, 4.69) is 10.2 Å². The number of fused-ring (bicyclic) bond motifs is 1. The van der Waals surface area contributed by atoms with Crippen molar-refractivity contribution in [2.75, 3.05) is 33.7 Å². The lowest BCUT2D eigenvalue weighted by Gasteiger charge is -2.14. The smallest absolute Gasteiger partial charge is 0.289 e. The molecule has 6 nitrogen and oxygen atoms in total. The third kappa shape index (κ3) is 2.31. The van der Waals surface area contributed by atoms with Crippen molar-refractivity contribution in [3.8, 4) is 0 Å². The Hall–Kier alpha value is -1.82. The maximum atomic E-state index is 11.8. The molecule has 0 bridgehead atoms. The van der Waals surface area contributed by atoms with Crippen LogP contribution in [0.2, 0.25) is 0 Å². The summed E-state index contributed by atoms with van der Waals surface area (Å²) in [7, 11) is 3.40. The molecule has 2 fully saturated rings. The number of likely N-dealkylation sites (tertiary alicyclic amines) is 1. The number of carbonyl (C=O) groups excluding carboxylic acids is 2. The van der Waals surface area contributed by atoms with Gasteiger partial charge >= 0.3 is 0 Å². The van der Waals surface area contributed by atoms with Gasteiger partial charge in [0.1, 0.15) is 5.76 Å². The summed E-state index contributed by atoms with van der Waals surface area (Å²) in [5.74, 6) is 1.71. The quantitative estimate of drug-likeness (QED) is 0.854. The molecule has 2 amide bonds. The third-order valence-electron chi connectivity index (χ3n) is 4.05. The van der Waals surface area contributed by atoms with Gasteiger partial charge in [0, 0.05) is 39.6 Å². The third-order valence-corrected chi connectivity index (χ3v) is 4.05. The molecule has 2 atom stereocenters. The van der Waals surface area contributed by atoms with Gasteiger partial charge < -0.3 is 14.6 Å². The molecule has 1 aromatic heterocycles. The molecule has 2 aliphatic heterocycles. The van der Waals surface area contributed by atoms with E-state index in [9.17, 15) is 9.59 Å². The van der Waals surface area contributed by atoms with Crippen LogP contribution in [-0.4, -0.2) is 55.3 Å². The SMILES string of the molecule is CN(C)C(=O)c1ccc(CN2C[C@@H]3CNC(=O)[C@@H]3C2)o1. The fraction of sp³-hybridized carbons (Fsp3) is 0.571. The van der Waals surface area contributed by atoms with E-state index in [1.54, 1.807) is 20.2 Å². The summed E-state index contributed by atoms with van der Waals surface area (Å²) >= 11 is 0. The first-order valence-corrected chi connectivity index (χ1v) is 6.85. The second-order valence-corrected chi connectivity index (χ2v) is 5.77. The average Bonchev–Trinajstić information content (AvgIpc) is 3.08. The second-order valence-electron chi connectivity index (χ2n) is 5.77. The fourth-order valence-electron chi connectivity index (χ4n) is 2.97. The molecule has 3 heterocycles. The van der Waals surface area contributed by atoms with E-state index in [4.69, 9.17) is 4.42 Å². The zero-order valence-electron chi connectivity index (χ0n) is 11.8. The van der Waals surface area contributed by atoms with Crippen molar-refractivity contribution in [3.63, 3.8) is 0 Å². The Kier molecular flexibility index (Phi) is 3.25. The number of hydrogen-bond donors (Lipinski definition) is 1. The number of carbonyl (C=O) groups is 2. The Morgan fingerprint density at radius 2 is 2.25 bits per heavy atom. The molecule has 2 aliphatic rings. The largest absolute Gasteiger partial charge is 0.455 e. The molecule has 3 rings (SSSR count). The fourth-order valence-corrected chi connectivity index (χ4v) is 2.97. The van der Waals surface area contributed by atoms with Gasteiger partial charge in [0.05, 0.1) is 12.5 Å². The van der Waals surface area contributed by atoms with Crippen molar-refractivity contribution in [1.29, 1.82) is 0 Å². The molecule has 0 aliphatic carbocycles. The van der Waals surface area contributed by atoms with E-state index in [0.29, 0.717) is 18.2 Å². The Balaban J connectivity index is 1.62. The molecule has 1 aromatic rings. The highest BCUT2D eigenvalue weighted by atomic mass is 16.4. The maximum absolute atomic E-state index is 11.8. The summed E-state index contributed by atoms with van der Waals surface area (Å²) in [6.07, 6.45) is 0. The Morgan fingerprint density at radius 3 is 2.95 bits per heavy atom. The van der Waals surface area contributed by atoms with Crippen LogP contribution >= 0.6 is 0 Å². The number of hydrogen-bond acceptors (Lipinski definition) is 4. The van der Waals surface area contributed by atoms with Crippen molar-refractivity contribution < 1.29 is 14.0 Å². The summed E-state index contributed by atoms with van der Waals surface area (Å²) in [5.41, 5.74) is 0. The van der Waals surface area contributed by atoms with E-state index < -0.39 is 0 Å². The van der Waals surface area contributed by atoms with E-state index >= 15 is 0 Å². The minimum Gasteiger partial charge on any atom is -0.455 e. The predicted molar refractivity (Wildman–Crippen MR) is 72.0 cm³/mol. The van der Waals surface area contributed by atoms with E-state index in [1.807, 2.05) is 6.07 Å². The van der Waals surface area contributed by atoms with Gasteiger partial charge in [-0.25, -0.2) is 0 Å². The lowest BCUT2D eigenvalue weighted by molar-refractivity contribution is -0.122. The Morgan fingerprint density at radius 1 is 1.45 bits per heavy atom. The molecular weight excluding hydrogens is 258 g/mol. The van der Waals surface area contributed by atoms with Crippen LogP contribution < -0.4 is 5.32 Å². The molecule has 108 valence electrons. The first-order valence-electron chi connectivity index (χ1n) is 6.85. The highest BCUT2D eigenvalue weighted by molar-refractivity contribution is 5.91. The van der Waals surface area contributed by atoms with Crippen molar-refractivity contribution >= 4 is 11.8 Å². The molecule has 20 heavy (non-hydrogen) atoms. The maximum Gasteiger partial charge on any atom is 0.289 e. The highest BCUT2D eigenvalue weighted by Gasteiger charge is 2.41. The summed E-state index contributed by atoms with van der Waals surface area (Å²) < 4.78 is 5.58. The lowest BCUT2D eigenvalue weighted by atomic mass is 10.0. The normalized spacial score (nSPS) is 25.6. The molecule has 6 heteroatoms. The molecule has 0 aromatic carbocycles. The second kappa shape index (κ2) is 4.94. The number of furan rings is 1. The van der Waals surface area contributed by atoms with Gasteiger partial charge in [0.2, 0.25) is 5.91 Å². The molecule has 0 unspecified atom stereocenters. The lowest BCUT2D eigenvalue weighted by Crippen LogP contribution is -2.28. The van der Waals surface area contributed by atoms with Gasteiger partial charge in [-0.2, -0.15) is 0 Å². The molecule has 0 saturated carbocycles. The number of rotatable bonds is 3. The number of nitrogens with zero attached hydrogens (tertiary/aromatic N) is 2. The minimum atomic E-state index is -0.131. The van der Waals surface area contributed by atoms with Crippen molar-refractivity contribution in [2.45, 2.75) is 6.54 Å². The minimum absolute atomic E-state index is 0.118. The van der Waals surface area contributed by atoms with Crippen molar-refractivity contribution in [1.82, 2.24) is 15.1 Å². The number of nitrogens with one attached hydrogen (secondary N) is 1. The zero-order valence-corrected chi connectivity index (χ0v) is 11.8. The predicted octanol–water partition coefficient (Wildman–Crippen LogP) is 0.159. The summed E-state index contributed by atoms with van der Waals surface area (Å²) in [5, 5.41) is 2.90. The van der Waals surface area contributed by atoms with Crippen LogP contribution in [0.15, 0.2) is 16.5 Å². The monoisotopic (exact) mass is 277 g/mol. The molecule has 2 saturated heterocycles. The van der Waals surface area contributed by atoms with Gasteiger partial charge in [0.25, 0.3) is 5.91 Å². The standard InChI is InChI=1S/C14H19N3O3/c1-16(2)14(19)12-4-3-10(20-12)7-17-6-9-5-15-13(18)11(9)8-17/h3-4,9,11H,5-8H2,1-2H3,(H,15,18)/t9-,11+/m0/s1. The van der Waals surface area contributed by atoms with E-state index in [0.717, 1.165) is 25.4 Å². The summed E-state index contributed by atoms with van der Waals surface area (Å²) in [4.78, 5) is 27.1. The molecule has 0 spiro atoms. The number of amides is 2. The van der Waals surface area contributed by atoms with Gasteiger partial charge in [-0.1, -0.05) is 0 Å².